The largest absolute Gasteiger partial charge is 0.353 e. The zero-order valence-corrected chi connectivity index (χ0v) is 9.37. The second-order valence-electron chi connectivity index (χ2n) is 4.52. The number of hydrogen-bond donors (Lipinski definition) is 1. The smallest absolute Gasteiger partial charge is 0.0774 e. The molecule has 0 aliphatic carbocycles. The monoisotopic (exact) mass is 222 g/mol. The van der Waals surface area contributed by atoms with E-state index in [-0.39, 0.29) is 6.17 Å². The lowest BCUT2D eigenvalue weighted by Crippen LogP contribution is -2.44. The Labute approximate surface area is 95.0 Å². The Kier molecular flexibility index (Phi) is 2.15. The summed E-state index contributed by atoms with van der Waals surface area (Å²) < 4.78 is 0. The van der Waals surface area contributed by atoms with Crippen LogP contribution >= 0.6 is 11.6 Å². The number of benzene rings is 1. The molecule has 0 saturated carbocycles. The molecule has 0 radical (unpaired) electrons. The third-order valence-corrected chi connectivity index (χ3v) is 3.85. The van der Waals surface area contributed by atoms with Crippen molar-refractivity contribution in [1.82, 2.24) is 0 Å². The normalized spacial score (nSPS) is 28.8. The van der Waals surface area contributed by atoms with Gasteiger partial charge in [-0.05, 0) is 49.4 Å². The van der Waals surface area contributed by atoms with Crippen LogP contribution in [0.25, 0.3) is 0 Å². The molecule has 0 bridgehead atoms. The van der Waals surface area contributed by atoms with Crippen LogP contribution in [-0.4, -0.2) is 12.2 Å². The van der Waals surface area contributed by atoms with Gasteiger partial charge in [-0.2, -0.15) is 0 Å². The average Bonchev–Trinajstić information content (AvgIpc) is 2.60. The SMILES string of the molecule is NC1CCC2CCc3cc(Cl)ccc3N12. The van der Waals surface area contributed by atoms with E-state index in [9.17, 15) is 0 Å². The third-order valence-electron chi connectivity index (χ3n) is 3.61. The van der Waals surface area contributed by atoms with Crippen molar-refractivity contribution < 1.29 is 0 Å². The topological polar surface area (TPSA) is 29.3 Å². The molecule has 0 amide bonds. The van der Waals surface area contributed by atoms with Crippen molar-refractivity contribution in [3.63, 3.8) is 0 Å². The van der Waals surface area contributed by atoms with Gasteiger partial charge in [0.25, 0.3) is 0 Å². The lowest BCUT2D eigenvalue weighted by atomic mass is 9.96. The minimum absolute atomic E-state index is 0.204. The van der Waals surface area contributed by atoms with E-state index in [1.807, 2.05) is 6.07 Å². The molecule has 2 aliphatic rings. The highest BCUT2D eigenvalue weighted by molar-refractivity contribution is 6.30. The molecule has 1 saturated heterocycles. The van der Waals surface area contributed by atoms with Crippen LogP contribution in [0.15, 0.2) is 18.2 Å². The molecule has 1 aromatic rings. The van der Waals surface area contributed by atoms with Crippen molar-refractivity contribution in [2.75, 3.05) is 4.90 Å². The minimum Gasteiger partial charge on any atom is -0.353 e. The molecule has 2 unspecified atom stereocenters. The van der Waals surface area contributed by atoms with Crippen molar-refractivity contribution in [3.8, 4) is 0 Å². The molecule has 80 valence electrons. The summed E-state index contributed by atoms with van der Waals surface area (Å²) in [6, 6.07) is 6.83. The van der Waals surface area contributed by atoms with Crippen LogP contribution < -0.4 is 10.6 Å². The Morgan fingerprint density at radius 3 is 3.00 bits per heavy atom. The zero-order chi connectivity index (χ0) is 10.4. The molecule has 2 atom stereocenters. The summed E-state index contributed by atoms with van der Waals surface area (Å²) in [6.07, 6.45) is 4.93. The zero-order valence-electron chi connectivity index (χ0n) is 8.62. The minimum atomic E-state index is 0.204. The van der Waals surface area contributed by atoms with Gasteiger partial charge in [0.2, 0.25) is 0 Å². The Balaban J connectivity index is 2.06. The fourth-order valence-corrected chi connectivity index (χ4v) is 3.09. The average molecular weight is 223 g/mol. The van der Waals surface area contributed by atoms with Crippen molar-refractivity contribution in [1.29, 1.82) is 0 Å². The second kappa shape index (κ2) is 3.39. The number of rotatable bonds is 0. The van der Waals surface area contributed by atoms with Crippen LogP contribution in [-0.2, 0) is 6.42 Å². The predicted molar refractivity (Wildman–Crippen MR) is 63.2 cm³/mol. The van der Waals surface area contributed by atoms with Gasteiger partial charge in [0.1, 0.15) is 0 Å². The molecule has 2 heterocycles. The predicted octanol–water partition coefficient (Wildman–Crippen LogP) is 2.54. The van der Waals surface area contributed by atoms with Crippen LogP contribution in [0, 0.1) is 0 Å². The lowest BCUT2D eigenvalue weighted by molar-refractivity contribution is 0.566. The van der Waals surface area contributed by atoms with Gasteiger partial charge in [0.05, 0.1) is 6.17 Å². The fraction of sp³-hybridized carbons (Fsp3) is 0.500. The van der Waals surface area contributed by atoms with Crippen LogP contribution in [0.5, 0.6) is 0 Å². The summed E-state index contributed by atoms with van der Waals surface area (Å²) in [6.45, 7) is 0. The maximum atomic E-state index is 6.14. The summed E-state index contributed by atoms with van der Waals surface area (Å²) >= 11 is 6.01. The van der Waals surface area contributed by atoms with E-state index in [0.29, 0.717) is 6.04 Å². The summed E-state index contributed by atoms with van der Waals surface area (Å²) in [5.74, 6) is 0. The van der Waals surface area contributed by atoms with E-state index in [0.717, 1.165) is 17.9 Å². The highest BCUT2D eigenvalue weighted by Gasteiger charge is 2.34. The number of nitrogens with two attached hydrogens (primary N) is 1. The molecular weight excluding hydrogens is 208 g/mol. The molecule has 3 rings (SSSR count). The number of anilines is 1. The van der Waals surface area contributed by atoms with Crippen molar-refractivity contribution in [3.05, 3.63) is 28.8 Å². The number of fused-ring (bicyclic) bond motifs is 3. The molecule has 2 aliphatic heterocycles. The van der Waals surface area contributed by atoms with E-state index in [2.05, 4.69) is 17.0 Å². The molecule has 3 heteroatoms. The summed E-state index contributed by atoms with van der Waals surface area (Å²) in [7, 11) is 0. The first-order valence-corrected chi connectivity index (χ1v) is 5.96. The number of hydrogen-bond acceptors (Lipinski definition) is 2. The van der Waals surface area contributed by atoms with E-state index >= 15 is 0 Å². The highest BCUT2D eigenvalue weighted by Crippen LogP contribution is 2.38. The van der Waals surface area contributed by atoms with Crippen LogP contribution in [0.2, 0.25) is 5.02 Å². The van der Waals surface area contributed by atoms with E-state index in [1.54, 1.807) is 0 Å². The van der Waals surface area contributed by atoms with E-state index < -0.39 is 0 Å². The van der Waals surface area contributed by atoms with Gasteiger partial charge in [0.15, 0.2) is 0 Å². The Morgan fingerprint density at radius 2 is 2.13 bits per heavy atom. The van der Waals surface area contributed by atoms with Crippen molar-refractivity contribution in [2.45, 2.75) is 37.9 Å². The quantitative estimate of drug-likeness (QED) is 0.731. The molecule has 0 spiro atoms. The second-order valence-corrected chi connectivity index (χ2v) is 4.95. The standard InChI is InChI=1S/C12H15ClN2/c13-9-2-5-11-8(7-9)1-3-10-4-6-12(14)15(10)11/h2,5,7,10,12H,1,3-4,6,14H2. The molecule has 1 fully saturated rings. The number of nitrogens with zero attached hydrogens (tertiary/aromatic N) is 1. The molecule has 2 nitrogen and oxygen atoms in total. The van der Waals surface area contributed by atoms with Crippen molar-refractivity contribution >= 4 is 17.3 Å². The summed E-state index contributed by atoms with van der Waals surface area (Å²) in [4.78, 5) is 2.38. The van der Waals surface area contributed by atoms with Gasteiger partial charge in [0, 0.05) is 16.8 Å². The van der Waals surface area contributed by atoms with Gasteiger partial charge in [-0.1, -0.05) is 11.6 Å². The van der Waals surface area contributed by atoms with Crippen LogP contribution in [0.4, 0.5) is 5.69 Å². The van der Waals surface area contributed by atoms with Gasteiger partial charge in [-0.15, -0.1) is 0 Å². The van der Waals surface area contributed by atoms with Crippen molar-refractivity contribution in [2.24, 2.45) is 5.73 Å². The van der Waals surface area contributed by atoms with Crippen LogP contribution in [0.1, 0.15) is 24.8 Å². The number of halogens is 1. The van der Waals surface area contributed by atoms with E-state index in [1.165, 1.54) is 24.1 Å². The van der Waals surface area contributed by atoms with Crippen LogP contribution in [0.3, 0.4) is 0 Å². The molecular formula is C12H15ClN2. The number of aryl methyl sites for hydroxylation is 1. The first kappa shape index (κ1) is 9.49. The Morgan fingerprint density at radius 1 is 1.27 bits per heavy atom. The Hall–Kier alpha value is -0.730. The molecule has 15 heavy (non-hydrogen) atoms. The van der Waals surface area contributed by atoms with Gasteiger partial charge < -0.3 is 10.6 Å². The first-order valence-electron chi connectivity index (χ1n) is 5.58. The molecule has 2 N–H and O–H groups in total. The van der Waals surface area contributed by atoms with Gasteiger partial charge >= 0.3 is 0 Å². The maximum Gasteiger partial charge on any atom is 0.0774 e. The molecule has 0 aromatic heterocycles. The maximum absolute atomic E-state index is 6.14. The first-order chi connectivity index (χ1) is 7.25. The highest BCUT2D eigenvalue weighted by atomic mass is 35.5. The Bertz CT molecular complexity index is 391. The van der Waals surface area contributed by atoms with Gasteiger partial charge in [-0.25, -0.2) is 0 Å². The van der Waals surface area contributed by atoms with E-state index in [4.69, 9.17) is 17.3 Å². The van der Waals surface area contributed by atoms with Gasteiger partial charge in [-0.3, -0.25) is 0 Å². The lowest BCUT2D eigenvalue weighted by Gasteiger charge is -2.36. The summed E-state index contributed by atoms with van der Waals surface area (Å²) in [5, 5.41) is 0.833. The third kappa shape index (κ3) is 1.44. The molecule has 1 aromatic carbocycles. The summed E-state index contributed by atoms with van der Waals surface area (Å²) in [5.41, 5.74) is 8.80. The fourth-order valence-electron chi connectivity index (χ4n) is 2.90.